The van der Waals surface area contributed by atoms with Gasteiger partial charge < -0.3 is 15.3 Å². The van der Waals surface area contributed by atoms with Crippen LogP contribution in [0.4, 0.5) is 5.69 Å². The van der Waals surface area contributed by atoms with Crippen molar-refractivity contribution < 1.29 is 9.90 Å². The molecule has 92 valence electrons. The zero-order valence-corrected chi connectivity index (χ0v) is 10.0. The van der Waals surface area contributed by atoms with Gasteiger partial charge in [-0.05, 0) is 24.6 Å². The van der Waals surface area contributed by atoms with Crippen LogP contribution < -0.4 is 10.2 Å². The highest BCUT2D eigenvalue weighted by atomic mass is 16.4. The number of hydrogen-bond donors (Lipinski definition) is 2. The first-order valence-corrected chi connectivity index (χ1v) is 6.02. The Hall–Kier alpha value is -1.55. The lowest BCUT2D eigenvalue weighted by Gasteiger charge is -2.35. The van der Waals surface area contributed by atoms with Gasteiger partial charge >= 0.3 is 5.97 Å². The number of carboxylic acids is 1. The van der Waals surface area contributed by atoms with Gasteiger partial charge in [-0.3, -0.25) is 0 Å². The number of hydrogen-bond acceptors (Lipinski definition) is 3. The van der Waals surface area contributed by atoms with E-state index in [2.05, 4.69) is 17.1 Å². The van der Waals surface area contributed by atoms with E-state index >= 15 is 0 Å². The van der Waals surface area contributed by atoms with E-state index in [0.717, 1.165) is 31.7 Å². The van der Waals surface area contributed by atoms with Crippen LogP contribution in [0, 0.1) is 0 Å². The minimum Gasteiger partial charge on any atom is -0.478 e. The normalized spacial score (nSPS) is 20.3. The Kier molecular flexibility index (Phi) is 3.64. The summed E-state index contributed by atoms with van der Waals surface area (Å²) < 4.78 is 0. The van der Waals surface area contributed by atoms with Crippen LogP contribution in [0.15, 0.2) is 24.3 Å². The molecular formula is C13H18N2O2. The van der Waals surface area contributed by atoms with Crippen LogP contribution in [-0.2, 0) is 0 Å². The van der Waals surface area contributed by atoms with Crippen LogP contribution in [-0.4, -0.2) is 36.8 Å². The fourth-order valence-corrected chi connectivity index (χ4v) is 2.17. The number of anilines is 1. The smallest absolute Gasteiger partial charge is 0.335 e. The minimum absolute atomic E-state index is 0.356. The Morgan fingerprint density at radius 1 is 1.59 bits per heavy atom. The third-order valence-electron chi connectivity index (χ3n) is 3.21. The molecule has 4 nitrogen and oxygen atoms in total. The lowest BCUT2D eigenvalue weighted by atomic mass is 10.1. The van der Waals surface area contributed by atoms with E-state index in [1.165, 1.54) is 0 Å². The monoisotopic (exact) mass is 234 g/mol. The average Bonchev–Trinajstić information content (AvgIpc) is 2.39. The minimum atomic E-state index is -0.867. The number of rotatable bonds is 3. The molecule has 1 atom stereocenters. The number of carboxylic acid groups (broad SMARTS) is 1. The van der Waals surface area contributed by atoms with Crippen molar-refractivity contribution in [2.45, 2.75) is 19.4 Å². The molecule has 1 aliphatic heterocycles. The highest BCUT2D eigenvalue weighted by molar-refractivity contribution is 5.88. The van der Waals surface area contributed by atoms with Crippen molar-refractivity contribution in [3.8, 4) is 0 Å². The van der Waals surface area contributed by atoms with Crippen LogP contribution in [0.5, 0.6) is 0 Å². The average molecular weight is 234 g/mol. The molecule has 1 heterocycles. The van der Waals surface area contributed by atoms with Crippen LogP contribution in [0.2, 0.25) is 0 Å². The van der Waals surface area contributed by atoms with E-state index in [1.54, 1.807) is 12.1 Å². The van der Waals surface area contributed by atoms with Crippen molar-refractivity contribution >= 4 is 11.7 Å². The second-order valence-corrected chi connectivity index (χ2v) is 4.36. The van der Waals surface area contributed by atoms with Crippen LogP contribution in [0.25, 0.3) is 0 Å². The van der Waals surface area contributed by atoms with E-state index < -0.39 is 5.97 Å². The predicted octanol–water partition coefficient (Wildman–Crippen LogP) is 1.57. The maximum absolute atomic E-state index is 10.9. The fourth-order valence-electron chi connectivity index (χ4n) is 2.17. The van der Waals surface area contributed by atoms with Gasteiger partial charge in [0, 0.05) is 31.4 Å². The highest BCUT2D eigenvalue weighted by Gasteiger charge is 2.18. The zero-order valence-electron chi connectivity index (χ0n) is 10.0. The fraction of sp³-hybridized carbons (Fsp3) is 0.462. The first kappa shape index (κ1) is 11.9. The highest BCUT2D eigenvalue weighted by Crippen LogP contribution is 2.18. The second kappa shape index (κ2) is 5.19. The number of benzene rings is 1. The van der Waals surface area contributed by atoms with Crippen LogP contribution in [0.3, 0.4) is 0 Å². The number of nitrogens with one attached hydrogen (secondary N) is 1. The molecule has 4 heteroatoms. The molecule has 1 fully saturated rings. The Labute approximate surface area is 101 Å². The predicted molar refractivity (Wildman–Crippen MR) is 67.7 cm³/mol. The molecule has 0 aliphatic carbocycles. The molecule has 0 bridgehead atoms. The largest absolute Gasteiger partial charge is 0.478 e. The summed E-state index contributed by atoms with van der Waals surface area (Å²) in [6.45, 7) is 4.99. The second-order valence-electron chi connectivity index (χ2n) is 4.36. The van der Waals surface area contributed by atoms with Crippen molar-refractivity contribution in [3.63, 3.8) is 0 Å². The summed E-state index contributed by atoms with van der Waals surface area (Å²) >= 11 is 0. The molecule has 1 unspecified atom stereocenters. The summed E-state index contributed by atoms with van der Waals surface area (Å²) in [6, 6.07) is 7.66. The van der Waals surface area contributed by atoms with E-state index in [4.69, 9.17) is 5.11 Å². The molecule has 17 heavy (non-hydrogen) atoms. The van der Waals surface area contributed by atoms with Gasteiger partial charge in [0.2, 0.25) is 0 Å². The molecular weight excluding hydrogens is 216 g/mol. The lowest BCUT2D eigenvalue weighted by molar-refractivity contribution is 0.0697. The summed E-state index contributed by atoms with van der Waals surface area (Å²) in [5.74, 6) is -0.867. The maximum atomic E-state index is 10.9. The molecule has 0 saturated carbocycles. The Balaban J connectivity index is 2.16. The third kappa shape index (κ3) is 2.77. The standard InChI is InChI=1S/C13H18N2O2/c1-2-11-9-15(7-6-14-11)12-5-3-4-10(8-12)13(16)17/h3-5,8,11,14H,2,6-7,9H2,1H3,(H,16,17). The lowest BCUT2D eigenvalue weighted by Crippen LogP contribution is -2.50. The molecule has 0 amide bonds. The quantitative estimate of drug-likeness (QED) is 0.833. The van der Waals surface area contributed by atoms with E-state index in [9.17, 15) is 4.79 Å². The summed E-state index contributed by atoms with van der Waals surface area (Å²) in [5.41, 5.74) is 1.36. The summed E-state index contributed by atoms with van der Waals surface area (Å²) in [4.78, 5) is 13.2. The van der Waals surface area contributed by atoms with Crippen molar-refractivity contribution in [1.82, 2.24) is 5.32 Å². The van der Waals surface area contributed by atoms with Crippen LogP contribution >= 0.6 is 0 Å². The zero-order chi connectivity index (χ0) is 12.3. The molecule has 1 saturated heterocycles. The van der Waals surface area contributed by atoms with Gasteiger partial charge in [-0.15, -0.1) is 0 Å². The molecule has 2 N–H and O–H groups in total. The Bertz CT molecular complexity index is 406. The van der Waals surface area contributed by atoms with Gasteiger partial charge in [0.1, 0.15) is 0 Å². The number of carbonyl (C=O) groups is 1. The SMILES string of the molecule is CCC1CN(c2cccc(C(=O)O)c2)CCN1. The molecule has 2 rings (SSSR count). The maximum Gasteiger partial charge on any atom is 0.335 e. The van der Waals surface area contributed by atoms with Crippen molar-refractivity contribution in [2.24, 2.45) is 0 Å². The molecule has 1 aliphatic rings. The summed E-state index contributed by atoms with van der Waals surface area (Å²) in [7, 11) is 0. The first-order valence-electron chi connectivity index (χ1n) is 6.02. The Morgan fingerprint density at radius 2 is 2.41 bits per heavy atom. The van der Waals surface area contributed by atoms with E-state index in [0.29, 0.717) is 11.6 Å². The Morgan fingerprint density at radius 3 is 3.12 bits per heavy atom. The van der Waals surface area contributed by atoms with Gasteiger partial charge in [0.15, 0.2) is 0 Å². The van der Waals surface area contributed by atoms with Crippen molar-refractivity contribution in [3.05, 3.63) is 29.8 Å². The molecule has 0 spiro atoms. The molecule has 1 aromatic rings. The topological polar surface area (TPSA) is 52.6 Å². The third-order valence-corrected chi connectivity index (χ3v) is 3.21. The summed E-state index contributed by atoms with van der Waals surface area (Å²) in [6.07, 6.45) is 1.09. The molecule has 1 aromatic carbocycles. The van der Waals surface area contributed by atoms with Gasteiger partial charge in [-0.2, -0.15) is 0 Å². The van der Waals surface area contributed by atoms with Gasteiger partial charge in [-0.1, -0.05) is 13.0 Å². The number of aromatic carboxylic acids is 1. The number of nitrogens with zero attached hydrogens (tertiary/aromatic N) is 1. The van der Waals surface area contributed by atoms with E-state index in [-0.39, 0.29) is 0 Å². The van der Waals surface area contributed by atoms with Crippen molar-refractivity contribution in [1.29, 1.82) is 0 Å². The van der Waals surface area contributed by atoms with Crippen LogP contribution in [0.1, 0.15) is 23.7 Å². The molecule has 0 aromatic heterocycles. The van der Waals surface area contributed by atoms with Gasteiger partial charge in [-0.25, -0.2) is 4.79 Å². The van der Waals surface area contributed by atoms with Gasteiger partial charge in [0.05, 0.1) is 5.56 Å². The number of piperazine rings is 1. The molecule has 0 radical (unpaired) electrons. The summed E-state index contributed by atoms with van der Waals surface area (Å²) in [5, 5.41) is 12.4. The van der Waals surface area contributed by atoms with Gasteiger partial charge in [0.25, 0.3) is 0 Å². The van der Waals surface area contributed by atoms with E-state index in [1.807, 2.05) is 12.1 Å². The first-order chi connectivity index (χ1) is 8.20. The van der Waals surface area contributed by atoms with Crippen molar-refractivity contribution in [2.75, 3.05) is 24.5 Å².